The van der Waals surface area contributed by atoms with E-state index in [0.717, 1.165) is 46.3 Å². The largest absolute Gasteiger partial charge is 0.448 e. The van der Waals surface area contributed by atoms with E-state index in [1.807, 2.05) is 143 Å². The van der Waals surface area contributed by atoms with Crippen molar-refractivity contribution in [2.75, 3.05) is 92.0 Å². The van der Waals surface area contributed by atoms with Gasteiger partial charge < -0.3 is 55.9 Å². The molecule has 0 saturated heterocycles. The average molecular weight is 1310 g/mol. The first-order chi connectivity index (χ1) is 44.3. The van der Waals surface area contributed by atoms with Crippen molar-refractivity contribution in [1.82, 2.24) is 44.5 Å². The number of anilines is 2. The number of benzene rings is 5. The van der Waals surface area contributed by atoms with Gasteiger partial charge in [0.05, 0.1) is 73.5 Å². The standard InChI is InChI=1S/C25H28FN5O3.C18H18ClFN4O4.C10H15NO.C8H11NO.C6H15N.CH4O/c1-25(2)21-19(22(29-28-21)27-23(32)17-10-12-18(26)13-11-17)14-31(25)24(33)34-15-20(30(3)4)16-8-6-5-7-9-16;1-4-28-17(27)24-14(21-15(25)10-5-7-11(20)8-6-10)12-9-23(16(19)26)18(2,3)13(12)22-24;1-11(2)10(8-12)9-6-4-3-5-7-9;9-8(6-10)7-4-2-1-3-5-7;1-4-7(5-2)6-3;1-2/h5-13,20H,14-15H2,1-4H3,(H2,27,28,29,32);5-8H,4,9H2,1-3H3,(H,21,25);3-7,10,12H,8H2,1-2H3;1-5,8,10H,6,9H2;4-6H2,1-3H3;2H,1H3/t20-;;;;;/m0...../s1. The number of carbonyl (C=O) groups is 5. The summed E-state index contributed by atoms with van der Waals surface area (Å²) in [6.45, 7) is 19.8. The number of H-pyrrole nitrogens is 1. The van der Waals surface area contributed by atoms with Crippen molar-refractivity contribution in [3.8, 4) is 0 Å². The summed E-state index contributed by atoms with van der Waals surface area (Å²) in [6, 6.07) is 39.4. The number of hydrogen-bond acceptors (Lipinski definition) is 16. The van der Waals surface area contributed by atoms with Crippen molar-refractivity contribution in [2.24, 2.45) is 5.73 Å². The van der Waals surface area contributed by atoms with Crippen LogP contribution in [0.25, 0.3) is 0 Å². The maximum Gasteiger partial charge on any atom is 0.436 e. The summed E-state index contributed by atoms with van der Waals surface area (Å²) in [5.41, 5.74) is 9.97. The maximum atomic E-state index is 13.2. The van der Waals surface area contributed by atoms with Crippen molar-refractivity contribution in [2.45, 2.75) is 97.7 Å². The first-order valence-electron chi connectivity index (χ1n) is 30.3. The molecule has 0 fully saturated rings. The summed E-state index contributed by atoms with van der Waals surface area (Å²) in [4.78, 5) is 71.8. The third kappa shape index (κ3) is 21.0. The van der Waals surface area contributed by atoms with E-state index < -0.39 is 52.1 Å². The summed E-state index contributed by atoms with van der Waals surface area (Å²) in [5, 5.41) is 40.9. The third-order valence-corrected chi connectivity index (χ3v) is 15.7. The molecule has 2 aromatic heterocycles. The molecule has 0 bridgehead atoms. The first-order valence-corrected chi connectivity index (χ1v) is 30.7. The number of amides is 4. The number of aromatic amines is 1. The topological polar surface area (TPSA) is 277 Å². The maximum absolute atomic E-state index is 13.2. The fourth-order valence-electron chi connectivity index (χ4n) is 9.94. The van der Waals surface area contributed by atoms with Gasteiger partial charge in [0.15, 0.2) is 5.82 Å². The fraction of sp³-hybridized carbons (Fsp3) is 0.397. The number of fused-ring (bicyclic) bond motifs is 2. The summed E-state index contributed by atoms with van der Waals surface area (Å²) in [6.07, 6.45) is -1.22. The highest BCUT2D eigenvalue weighted by molar-refractivity contribution is 6.62. The molecule has 9 rings (SSSR count). The van der Waals surface area contributed by atoms with E-state index in [4.69, 9.17) is 42.1 Å². The van der Waals surface area contributed by atoms with E-state index in [1.54, 1.807) is 25.7 Å². The summed E-state index contributed by atoms with van der Waals surface area (Å²) >= 11 is 5.67. The average Bonchev–Trinajstić information content (AvgIpc) is 1.59. The van der Waals surface area contributed by atoms with Crippen LogP contribution in [0.3, 0.4) is 0 Å². The third-order valence-electron chi connectivity index (χ3n) is 15.5. The Balaban J connectivity index is 0.000000276. The lowest BCUT2D eigenvalue weighted by atomic mass is 10.0. The number of carbonyl (C=O) groups excluding carboxylic acids is 5. The Morgan fingerprint density at radius 3 is 1.49 bits per heavy atom. The van der Waals surface area contributed by atoms with E-state index >= 15 is 0 Å². The van der Waals surface area contributed by atoms with Crippen LogP contribution >= 0.6 is 11.6 Å². The van der Waals surface area contributed by atoms with Gasteiger partial charge >= 0.3 is 17.6 Å². The van der Waals surface area contributed by atoms with Gasteiger partial charge in [-0.25, -0.2) is 18.4 Å². The van der Waals surface area contributed by atoms with Crippen molar-refractivity contribution in [3.05, 3.63) is 201 Å². The minimum absolute atomic E-state index is 0.00398. The van der Waals surface area contributed by atoms with Crippen molar-refractivity contribution in [3.63, 3.8) is 0 Å². The Labute approximate surface area is 549 Å². The van der Waals surface area contributed by atoms with Crippen LogP contribution in [0.4, 0.5) is 34.8 Å². The van der Waals surface area contributed by atoms with Gasteiger partial charge in [-0.2, -0.15) is 10.2 Å². The molecule has 0 spiro atoms. The van der Waals surface area contributed by atoms with Gasteiger partial charge in [0.1, 0.15) is 24.1 Å². The molecular formula is C68H91ClF2N12O10. The summed E-state index contributed by atoms with van der Waals surface area (Å²) in [7, 11) is 8.82. The van der Waals surface area contributed by atoms with Gasteiger partial charge in [-0.3, -0.25) is 29.3 Å². The van der Waals surface area contributed by atoms with Crippen molar-refractivity contribution >= 4 is 52.6 Å². The zero-order valence-corrected chi connectivity index (χ0v) is 56.1. The van der Waals surface area contributed by atoms with E-state index in [-0.39, 0.29) is 69.0 Å². The van der Waals surface area contributed by atoms with Gasteiger partial charge in [-0.1, -0.05) is 112 Å². The lowest BCUT2D eigenvalue weighted by Crippen LogP contribution is -2.42. The SMILES string of the molecule is CCN(CC)CC.CCOC(=O)n1nc2c(c1NC(=O)c1ccc(F)cc1)CN(C(=O)Cl)C2(C)C.CN(C)C(CO)c1ccccc1.CN(C)[C@@H](COC(=O)N1Cc2c(NC(=O)c3ccc(F)cc3)n[nH]c2C1(C)C)c1ccccc1.CO.NC(CO)c1ccccc1. The molecule has 4 amide bonds. The molecule has 8 N–H and O–H groups in total. The molecule has 7 aromatic rings. The number of hydrogen-bond donors (Lipinski definition) is 7. The van der Waals surface area contributed by atoms with Gasteiger partial charge in [-0.15, -0.1) is 4.68 Å². The number of aliphatic hydroxyl groups excluding tert-OH is 3. The van der Waals surface area contributed by atoms with Crippen molar-refractivity contribution in [1.29, 1.82) is 0 Å². The normalized spacial score (nSPS) is 13.9. The molecule has 0 aliphatic carbocycles. The number of aromatic nitrogens is 4. The molecule has 0 radical (unpaired) electrons. The lowest BCUT2D eigenvalue weighted by Gasteiger charge is -2.32. The molecule has 4 heterocycles. The van der Waals surface area contributed by atoms with Gasteiger partial charge in [-0.05, 0) is 159 Å². The number of rotatable bonds is 17. The zero-order valence-electron chi connectivity index (χ0n) is 55.4. The van der Waals surface area contributed by atoms with Crippen LogP contribution in [0.1, 0.15) is 133 Å². The van der Waals surface area contributed by atoms with Crippen LogP contribution in [0.5, 0.6) is 0 Å². The Bertz CT molecular complexity index is 3420. The highest BCUT2D eigenvalue weighted by atomic mass is 35.5. The van der Waals surface area contributed by atoms with E-state index in [2.05, 4.69) is 51.6 Å². The first kappa shape index (κ1) is 77.0. The molecule has 5 aromatic carbocycles. The minimum Gasteiger partial charge on any atom is -0.448 e. The quantitative estimate of drug-likeness (QED) is 0.0330. The minimum atomic E-state index is -0.888. The number of aliphatic hydroxyl groups is 3. The lowest BCUT2D eigenvalue weighted by molar-refractivity contribution is 0.0484. The summed E-state index contributed by atoms with van der Waals surface area (Å²) in [5.74, 6) is -1.46. The second-order valence-electron chi connectivity index (χ2n) is 22.5. The fourth-order valence-corrected chi connectivity index (χ4v) is 10.2. The van der Waals surface area contributed by atoms with Crippen LogP contribution in [-0.4, -0.2) is 171 Å². The highest BCUT2D eigenvalue weighted by Gasteiger charge is 2.47. The number of halogens is 3. The molecule has 22 nitrogen and oxygen atoms in total. The Hall–Kier alpha value is -8.46. The predicted molar refractivity (Wildman–Crippen MR) is 357 cm³/mol. The van der Waals surface area contributed by atoms with Crippen LogP contribution in [0, 0.1) is 11.6 Å². The molecule has 504 valence electrons. The predicted octanol–water partition coefficient (Wildman–Crippen LogP) is 10.9. The van der Waals surface area contributed by atoms with E-state index in [0.29, 0.717) is 28.2 Å². The molecule has 25 heteroatoms. The van der Waals surface area contributed by atoms with Crippen LogP contribution in [0.2, 0.25) is 0 Å². The Kier molecular flexibility index (Phi) is 30.9. The number of nitrogens with two attached hydrogens (primary N) is 1. The Morgan fingerprint density at radius 2 is 1.08 bits per heavy atom. The van der Waals surface area contributed by atoms with Gasteiger partial charge in [0, 0.05) is 29.4 Å². The van der Waals surface area contributed by atoms with Crippen molar-refractivity contribution < 1.29 is 57.5 Å². The van der Waals surface area contributed by atoms with Crippen LogP contribution in [0.15, 0.2) is 140 Å². The summed E-state index contributed by atoms with van der Waals surface area (Å²) < 4.78 is 38.0. The number of ether oxygens (including phenoxy) is 2. The molecule has 2 aliphatic heterocycles. The van der Waals surface area contributed by atoms with E-state index in [1.165, 1.54) is 60.9 Å². The molecule has 2 aliphatic rings. The molecular weight excluding hydrogens is 1220 g/mol. The molecule has 0 saturated carbocycles. The molecule has 2 unspecified atom stereocenters. The van der Waals surface area contributed by atoms with Crippen LogP contribution < -0.4 is 16.4 Å². The van der Waals surface area contributed by atoms with Gasteiger partial charge in [0.2, 0.25) is 0 Å². The second kappa shape index (κ2) is 37.3. The number of nitrogens with zero attached hydrogens (tertiary/aromatic N) is 8. The highest BCUT2D eigenvalue weighted by Crippen LogP contribution is 2.43. The Morgan fingerprint density at radius 1 is 0.624 bits per heavy atom. The zero-order chi connectivity index (χ0) is 69.2. The molecule has 3 atom stereocenters. The monoisotopic (exact) mass is 1310 g/mol. The van der Waals surface area contributed by atoms with Crippen LogP contribution in [-0.2, 0) is 33.6 Å². The smallest absolute Gasteiger partial charge is 0.436 e. The van der Waals surface area contributed by atoms with Gasteiger partial charge in [0.25, 0.3) is 11.8 Å². The number of nitrogens with one attached hydrogen (secondary N) is 3. The second-order valence-corrected chi connectivity index (χ2v) is 22.9. The molecule has 93 heavy (non-hydrogen) atoms. The number of likely N-dealkylation sites (N-methyl/N-ethyl adjacent to an activating group) is 2. The van der Waals surface area contributed by atoms with E-state index in [9.17, 15) is 32.8 Å².